The normalized spacial score (nSPS) is 10.4. The molecule has 0 aliphatic rings. The van der Waals surface area contributed by atoms with E-state index in [9.17, 15) is 4.79 Å². The van der Waals surface area contributed by atoms with E-state index in [-0.39, 0.29) is 5.69 Å². The fraction of sp³-hybridized carbons (Fsp3) is 0.150. The van der Waals surface area contributed by atoms with Gasteiger partial charge >= 0.3 is 5.97 Å². The quantitative estimate of drug-likeness (QED) is 0.678. The van der Waals surface area contributed by atoms with Gasteiger partial charge in [0.25, 0.3) is 0 Å². The lowest BCUT2D eigenvalue weighted by atomic mass is 9.96. The summed E-state index contributed by atoms with van der Waals surface area (Å²) >= 11 is 0. The van der Waals surface area contributed by atoms with Gasteiger partial charge in [-0.1, -0.05) is 61.5 Å². The second kappa shape index (κ2) is 7.04. The van der Waals surface area contributed by atoms with Gasteiger partial charge in [0.1, 0.15) is 6.33 Å². The van der Waals surface area contributed by atoms with Crippen molar-refractivity contribution in [3.05, 3.63) is 72.2 Å². The van der Waals surface area contributed by atoms with E-state index >= 15 is 0 Å². The fourth-order valence-electron chi connectivity index (χ4n) is 2.63. The zero-order valence-electron chi connectivity index (χ0n) is 13.7. The number of aromatic nitrogens is 2. The van der Waals surface area contributed by atoms with E-state index in [1.165, 1.54) is 19.0 Å². The number of methoxy groups -OCH3 is 1. The molecule has 0 spiro atoms. The molecule has 24 heavy (non-hydrogen) atoms. The van der Waals surface area contributed by atoms with Crippen molar-refractivity contribution in [1.82, 2.24) is 9.97 Å². The highest BCUT2D eigenvalue weighted by Gasteiger charge is 2.20. The van der Waals surface area contributed by atoms with Crippen LogP contribution in [0.15, 0.2) is 60.9 Å². The molecule has 1 heterocycles. The number of hydrogen-bond donors (Lipinski definition) is 0. The van der Waals surface area contributed by atoms with Crippen LogP contribution in [0.2, 0.25) is 0 Å². The molecule has 4 nitrogen and oxygen atoms in total. The second-order valence-corrected chi connectivity index (χ2v) is 5.35. The van der Waals surface area contributed by atoms with Gasteiger partial charge in [0.15, 0.2) is 5.69 Å². The summed E-state index contributed by atoms with van der Waals surface area (Å²) in [5.41, 5.74) is 4.74. The number of benzene rings is 2. The van der Waals surface area contributed by atoms with Crippen molar-refractivity contribution in [3.8, 4) is 22.4 Å². The number of esters is 1. The van der Waals surface area contributed by atoms with E-state index in [1.54, 1.807) is 0 Å². The zero-order valence-corrected chi connectivity index (χ0v) is 13.7. The summed E-state index contributed by atoms with van der Waals surface area (Å²) in [7, 11) is 1.36. The van der Waals surface area contributed by atoms with Crippen molar-refractivity contribution in [2.24, 2.45) is 0 Å². The van der Waals surface area contributed by atoms with Crippen molar-refractivity contribution in [2.45, 2.75) is 13.3 Å². The average Bonchev–Trinajstić information content (AvgIpc) is 2.67. The summed E-state index contributed by atoms with van der Waals surface area (Å²) in [6.07, 6.45) is 2.36. The number of carbonyl (C=O) groups is 1. The summed E-state index contributed by atoms with van der Waals surface area (Å²) in [5.74, 6) is -0.468. The van der Waals surface area contributed by atoms with Gasteiger partial charge in [-0.2, -0.15) is 0 Å². The first-order valence-corrected chi connectivity index (χ1v) is 7.82. The highest BCUT2D eigenvalue weighted by Crippen LogP contribution is 2.32. The predicted molar refractivity (Wildman–Crippen MR) is 93.6 cm³/mol. The third-order valence-electron chi connectivity index (χ3n) is 3.92. The molecule has 3 aromatic rings. The summed E-state index contributed by atoms with van der Waals surface area (Å²) in [5, 5.41) is 0. The topological polar surface area (TPSA) is 52.1 Å². The van der Waals surface area contributed by atoms with Gasteiger partial charge in [-0.25, -0.2) is 14.8 Å². The first-order chi connectivity index (χ1) is 11.7. The molecule has 0 bridgehead atoms. The predicted octanol–water partition coefficient (Wildman–Crippen LogP) is 4.16. The Balaban J connectivity index is 2.24. The number of nitrogens with zero attached hydrogens (tertiary/aromatic N) is 2. The van der Waals surface area contributed by atoms with Gasteiger partial charge in [0, 0.05) is 11.1 Å². The SMILES string of the molecule is CCc1ccc(-c2c(C(=O)OC)ncnc2-c2ccccc2)cc1. The van der Waals surface area contributed by atoms with Crippen LogP contribution in [0.4, 0.5) is 0 Å². The zero-order chi connectivity index (χ0) is 16.9. The second-order valence-electron chi connectivity index (χ2n) is 5.35. The maximum Gasteiger partial charge on any atom is 0.357 e. The van der Waals surface area contributed by atoms with Crippen LogP contribution in [0.3, 0.4) is 0 Å². The molecule has 120 valence electrons. The van der Waals surface area contributed by atoms with Gasteiger partial charge in [-0.3, -0.25) is 0 Å². The lowest BCUT2D eigenvalue weighted by Crippen LogP contribution is -2.08. The van der Waals surface area contributed by atoms with E-state index in [0.717, 1.165) is 23.2 Å². The maximum absolute atomic E-state index is 12.2. The molecule has 1 aromatic heterocycles. The van der Waals surface area contributed by atoms with Crippen LogP contribution in [-0.4, -0.2) is 23.0 Å². The Morgan fingerprint density at radius 3 is 2.29 bits per heavy atom. The Hall–Kier alpha value is -3.01. The van der Waals surface area contributed by atoms with Crippen molar-refractivity contribution in [3.63, 3.8) is 0 Å². The molecule has 0 amide bonds. The molecule has 0 saturated heterocycles. The van der Waals surface area contributed by atoms with E-state index in [1.807, 2.05) is 42.5 Å². The van der Waals surface area contributed by atoms with E-state index in [0.29, 0.717) is 5.56 Å². The van der Waals surface area contributed by atoms with Crippen LogP contribution in [0.5, 0.6) is 0 Å². The maximum atomic E-state index is 12.2. The van der Waals surface area contributed by atoms with Crippen molar-refractivity contribution < 1.29 is 9.53 Å². The summed E-state index contributed by atoms with van der Waals surface area (Å²) in [6.45, 7) is 2.11. The van der Waals surface area contributed by atoms with Gasteiger partial charge < -0.3 is 4.74 Å². The molecule has 0 aliphatic carbocycles. The number of rotatable bonds is 4. The lowest BCUT2D eigenvalue weighted by Gasteiger charge is -2.13. The molecule has 4 heteroatoms. The van der Waals surface area contributed by atoms with Gasteiger partial charge in [0.2, 0.25) is 0 Å². The number of hydrogen-bond acceptors (Lipinski definition) is 4. The minimum atomic E-state index is -0.468. The third kappa shape index (κ3) is 3.04. The Kier molecular flexibility index (Phi) is 4.66. The van der Waals surface area contributed by atoms with Crippen LogP contribution >= 0.6 is 0 Å². The molecule has 0 fully saturated rings. The lowest BCUT2D eigenvalue weighted by molar-refractivity contribution is 0.0595. The van der Waals surface area contributed by atoms with Crippen molar-refractivity contribution in [2.75, 3.05) is 7.11 Å². The molecule has 0 radical (unpaired) electrons. The minimum Gasteiger partial charge on any atom is -0.464 e. The third-order valence-corrected chi connectivity index (χ3v) is 3.92. The Labute approximate surface area is 141 Å². The van der Waals surface area contributed by atoms with Gasteiger partial charge in [-0.15, -0.1) is 0 Å². The van der Waals surface area contributed by atoms with E-state index < -0.39 is 5.97 Å². The molecule has 2 aromatic carbocycles. The summed E-state index contributed by atoms with van der Waals surface area (Å²) in [4.78, 5) is 20.8. The van der Waals surface area contributed by atoms with E-state index in [2.05, 4.69) is 29.0 Å². The summed E-state index contributed by atoms with van der Waals surface area (Å²) < 4.78 is 4.90. The molecule has 0 saturated carbocycles. The number of ether oxygens (including phenoxy) is 1. The Bertz CT molecular complexity index is 843. The molecule has 0 N–H and O–H groups in total. The van der Waals surface area contributed by atoms with Crippen molar-refractivity contribution >= 4 is 5.97 Å². The molecule has 0 atom stereocenters. The van der Waals surface area contributed by atoms with Crippen LogP contribution in [-0.2, 0) is 11.2 Å². The molecule has 3 rings (SSSR count). The number of aryl methyl sites for hydroxylation is 1. The van der Waals surface area contributed by atoms with E-state index in [4.69, 9.17) is 4.74 Å². The Morgan fingerprint density at radius 2 is 1.67 bits per heavy atom. The number of carbonyl (C=O) groups excluding carboxylic acids is 1. The van der Waals surface area contributed by atoms with Crippen LogP contribution in [0, 0.1) is 0 Å². The first-order valence-electron chi connectivity index (χ1n) is 7.82. The fourth-order valence-corrected chi connectivity index (χ4v) is 2.63. The average molecular weight is 318 g/mol. The molecule has 0 unspecified atom stereocenters. The molecular formula is C20H18N2O2. The molecular weight excluding hydrogens is 300 g/mol. The largest absolute Gasteiger partial charge is 0.464 e. The van der Waals surface area contributed by atoms with Crippen LogP contribution in [0.1, 0.15) is 23.0 Å². The van der Waals surface area contributed by atoms with Crippen molar-refractivity contribution in [1.29, 1.82) is 0 Å². The van der Waals surface area contributed by atoms with Gasteiger partial charge in [0.05, 0.1) is 12.8 Å². The molecule has 0 aliphatic heterocycles. The van der Waals surface area contributed by atoms with Gasteiger partial charge in [-0.05, 0) is 17.5 Å². The van der Waals surface area contributed by atoms with Crippen LogP contribution < -0.4 is 0 Å². The highest BCUT2D eigenvalue weighted by molar-refractivity contribution is 5.99. The smallest absolute Gasteiger partial charge is 0.357 e. The highest BCUT2D eigenvalue weighted by atomic mass is 16.5. The first kappa shape index (κ1) is 15.9. The summed E-state index contributed by atoms with van der Waals surface area (Å²) in [6, 6.07) is 17.9. The standard InChI is InChI=1S/C20H18N2O2/c1-3-14-9-11-15(12-10-14)17-18(16-7-5-4-6-8-16)21-13-22-19(17)20(23)24-2/h4-13H,3H2,1-2H3. The monoisotopic (exact) mass is 318 g/mol. The minimum absolute atomic E-state index is 0.274. The Morgan fingerprint density at radius 1 is 0.958 bits per heavy atom. The van der Waals surface area contributed by atoms with Crippen LogP contribution in [0.25, 0.3) is 22.4 Å².